The molecule has 6 nitrogen and oxygen atoms in total. The van der Waals surface area contributed by atoms with Gasteiger partial charge in [0.2, 0.25) is 0 Å². The van der Waals surface area contributed by atoms with E-state index in [0.717, 1.165) is 45.2 Å². The van der Waals surface area contributed by atoms with Gasteiger partial charge in [-0.05, 0) is 31.0 Å². The lowest BCUT2D eigenvalue weighted by atomic mass is 10.2. The first kappa shape index (κ1) is 20.3. The number of guanidine groups is 1. The predicted molar refractivity (Wildman–Crippen MR) is 108 cm³/mol. The molecule has 1 aromatic rings. The fourth-order valence-electron chi connectivity index (χ4n) is 2.64. The Bertz CT molecular complexity index is 549. The minimum absolute atomic E-state index is 0.643. The van der Waals surface area contributed by atoms with Gasteiger partial charge in [-0.15, -0.1) is 0 Å². The maximum absolute atomic E-state index is 5.46. The number of aliphatic imine (C=N–C) groups is 1. The molecule has 6 heteroatoms. The van der Waals surface area contributed by atoms with Crippen LogP contribution in [0.4, 0.5) is 5.69 Å². The molecule has 0 bridgehead atoms. The van der Waals surface area contributed by atoms with Gasteiger partial charge in [0.05, 0.1) is 19.8 Å². The average molecular weight is 361 g/mol. The lowest BCUT2D eigenvalue weighted by molar-refractivity contribution is 0.0698. The lowest BCUT2D eigenvalue weighted by Gasteiger charge is -2.17. The first-order valence-electron chi connectivity index (χ1n) is 9.41. The summed E-state index contributed by atoms with van der Waals surface area (Å²) >= 11 is 0. The monoisotopic (exact) mass is 360 g/mol. The smallest absolute Gasteiger partial charge is 0.191 e. The van der Waals surface area contributed by atoms with Gasteiger partial charge < -0.3 is 25.0 Å². The van der Waals surface area contributed by atoms with Crippen molar-refractivity contribution in [3.63, 3.8) is 0 Å². The van der Waals surface area contributed by atoms with Crippen LogP contribution in [0.5, 0.6) is 0 Å². The summed E-state index contributed by atoms with van der Waals surface area (Å²) in [5.41, 5.74) is 2.47. The summed E-state index contributed by atoms with van der Waals surface area (Å²) in [4.78, 5) is 7.01. The van der Waals surface area contributed by atoms with E-state index in [1.165, 1.54) is 11.3 Å². The summed E-state index contributed by atoms with van der Waals surface area (Å²) in [5.74, 6) is 0.845. The third kappa shape index (κ3) is 7.45. The van der Waals surface area contributed by atoms with Crippen molar-refractivity contribution in [1.29, 1.82) is 0 Å². The van der Waals surface area contributed by atoms with Crippen LogP contribution in [0, 0.1) is 0 Å². The summed E-state index contributed by atoms with van der Waals surface area (Å²) in [7, 11) is 1.68. The number of anilines is 1. The molecular weight excluding hydrogens is 328 g/mol. The van der Waals surface area contributed by atoms with Crippen molar-refractivity contribution in [3.05, 3.63) is 42.0 Å². The quantitative estimate of drug-likeness (QED) is 0.274. The molecule has 0 saturated heterocycles. The Hall–Kier alpha value is -2.05. The van der Waals surface area contributed by atoms with Crippen LogP contribution in [0.2, 0.25) is 0 Å². The van der Waals surface area contributed by atoms with Crippen molar-refractivity contribution in [1.82, 2.24) is 10.6 Å². The summed E-state index contributed by atoms with van der Waals surface area (Å²) in [6.45, 7) is 8.43. The molecule has 0 saturated carbocycles. The standard InChI is InChI=1S/C20H32N4O2/c1-3-21-20(22-11-6-14-26-16-15-25-2)23-17-18-7-9-19(10-8-18)24-12-4-5-13-24/h4-5,7-10H,3,6,11-17H2,1-2H3,(H2,21,22,23). The summed E-state index contributed by atoms with van der Waals surface area (Å²) < 4.78 is 10.4. The zero-order valence-corrected chi connectivity index (χ0v) is 16.0. The molecule has 0 spiro atoms. The van der Waals surface area contributed by atoms with Crippen molar-refractivity contribution in [3.8, 4) is 0 Å². The molecule has 1 heterocycles. The number of nitrogens with zero attached hydrogens (tertiary/aromatic N) is 2. The molecule has 26 heavy (non-hydrogen) atoms. The van der Waals surface area contributed by atoms with Gasteiger partial charge in [0.15, 0.2) is 5.96 Å². The predicted octanol–water partition coefficient (Wildman–Crippen LogP) is 2.17. The Morgan fingerprint density at radius 1 is 1.08 bits per heavy atom. The molecule has 0 aromatic heterocycles. The Balaban J connectivity index is 1.73. The minimum atomic E-state index is 0.643. The normalized spacial score (nSPS) is 14.1. The third-order valence-corrected chi connectivity index (χ3v) is 4.07. The first-order chi connectivity index (χ1) is 12.8. The summed E-state index contributed by atoms with van der Waals surface area (Å²) in [6.07, 6.45) is 5.34. The fraction of sp³-hybridized carbons (Fsp3) is 0.550. The number of rotatable bonds is 11. The van der Waals surface area contributed by atoms with Crippen LogP contribution in [0.3, 0.4) is 0 Å². The second kappa shape index (κ2) is 12.3. The molecule has 0 amide bonds. The van der Waals surface area contributed by atoms with Crippen LogP contribution in [-0.2, 0) is 16.0 Å². The van der Waals surface area contributed by atoms with Crippen LogP contribution < -0.4 is 15.5 Å². The van der Waals surface area contributed by atoms with Crippen molar-refractivity contribution >= 4 is 11.6 Å². The number of hydrogen-bond acceptors (Lipinski definition) is 4. The van der Waals surface area contributed by atoms with Crippen LogP contribution >= 0.6 is 0 Å². The molecule has 1 aliphatic rings. The highest BCUT2D eigenvalue weighted by molar-refractivity contribution is 5.79. The van der Waals surface area contributed by atoms with E-state index in [-0.39, 0.29) is 0 Å². The van der Waals surface area contributed by atoms with E-state index >= 15 is 0 Å². The van der Waals surface area contributed by atoms with Gasteiger partial charge >= 0.3 is 0 Å². The maximum Gasteiger partial charge on any atom is 0.191 e. The van der Waals surface area contributed by atoms with Gasteiger partial charge in [-0.1, -0.05) is 24.3 Å². The van der Waals surface area contributed by atoms with Gasteiger partial charge in [0, 0.05) is 45.6 Å². The number of benzene rings is 1. The molecule has 2 rings (SSSR count). The molecule has 0 aliphatic carbocycles. The van der Waals surface area contributed by atoms with Gasteiger partial charge in [0.1, 0.15) is 0 Å². The fourth-order valence-corrected chi connectivity index (χ4v) is 2.64. The highest BCUT2D eigenvalue weighted by Gasteiger charge is 2.06. The second-order valence-electron chi connectivity index (χ2n) is 6.12. The zero-order chi connectivity index (χ0) is 18.5. The molecule has 0 radical (unpaired) electrons. The van der Waals surface area contributed by atoms with Crippen molar-refractivity contribution in [2.24, 2.45) is 4.99 Å². The molecule has 2 N–H and O–H groups in total. The molecular formula is C20H32N4O2. The molecule has 0 unspecified atom stereocenters. The molecule has 1 aromatic carbocycles. The second-order valence-corrected chi connectivity index (χ2v) is 6.12. The maximum atomic E-state index is 5.46. The van der Waals surface area contributed by atoms with Gasteiger partial charge in [-0.25, -0.2) is 4.99 Å². The minimum Gasteiger partial charge on any atom is -0.382 e. The Morgan fingerprint density at radius 2 is 1.85 bits per heavy atom. The van der Waals surface area contributed by atoms with E-state index in [1.807, 2.05) is 0 Å². The molecule has 144 valence electrons. The Kier molecular flexibility index (Phi) is 9.61. The van der Waals surface area contributed by atoms with E-state index in [4.69, 9.17) is 9.47 Å². The number of methoxy groups -OCH3 is 1. The van der Waals surface area contributed by atoms with Crippen LogP contribution in [-0.4, -0.2) is 59.1 Å². The van der Waals surface area contributed by atoms with Crippen molar-refractivity contribution in [2.75, 3.05) is 58.0 Å². The van der Waals surface area contributed by atoms with E-state index in [1.54, 1.807) is 7.11 Å². The number of nitrogens with one attached hydrogen (secondary N) is 2. The summed E-state index contributed by atoms with van der Waals surface area (Å²) in [6, 6.07) is 8.67. The Labute approximate surface area is 157 Å². The highest BCUT2D eigenvalue weighted by atomic mass is 16.5. The number of hydrogen-bond donors (Lipinski definition) is 2. The topological polar surface area (TPSA) is 58.1 Å². The largest absolute Gasteiger partial charge is 0.382 e. The van der Waals surface area contributed by atoms with Gasteiger partial charge in [-0.3, -0.25) is 0 Å². The molecule has 0 atom stereocenters. The van der Waals surface area contributed by atoms with E-state index in [2.05, 4.69) is 63.9 Å². The SMILES string of the molecule is CCNC(=NCc1ccc(N2CC=CC2)cc1)NCCCOCCOC. The van der Waals surface area contributed by atoms with Gasteiger partial charge in [-0.2, -0.15) is 0 Å². The van der Waals surface area contributed by atoms with E-state index < -0.39 is 0 Å². The lowest BCUT2D eigenvalue weighted by Crippen LogP contribution is -2.38. The van der Waals surface area contributed by atoms with Crippen molar-refractivity contribution < 1.29 is 9.47 Å². The van der Waals surface area contributed by atoms with Crippen molar-refractivity contribution in [2.45, 2.75) is 19.9 Å². The first-order valence-corrected chi connectivity index (χ1v) is 9.41. The zero-order valence-electron chi connectivity index (χ0n) is 16.0. The highest BCUT2D eigenvalue weighted by Crippen LogP contribution is 2.17. The van der Waals surface area contributed by atoms with Crippen LogP contribution in [0.1, 0.15) is 18.9 Å². The average Bonchev–Trinajstić information content (AvgIpc) is 3.20. The Morgan fingerprint density at radius 3 is 2.54 bits per heavy atom. The van der Waals surface area contributed by atoms with Gasteiger partial charge in [0.25, 0.3) is 0 Å². The number of ether oxygens (including phenoxy) is 2. The molecule has 1 aliphatic heterocycles. The van der Waals surface area contributed by atoms with E-state index in [9.17, 15) is 0 Å². The van der Waals surface area contributed by atoms with Crippen LogP contribution in [0.15, 0.2) is 41.4 Å². The van der Waals surface area contributed by atoms with Crippen LogP contribution in [0.25, 0.3) is 0 Å². The third-order valence-electron chi connectivity index (χ3n) is 4.07. The molecule has 0 fully saturated rings. The van der Waals surface area contributed by atoms with E-state index in [0.29, 0.717) is 19.8 Å². The summed E-state index contributed by atoms with van der Waals surface area (Å²) in [5, 5.41) is 6.63.